The van der Waals surface area contributed by atoms with Gasteiger partial charge in [0.25, 0.3) is 0 Å². The van der Waals surface area contributed by atoms with Gasteiger partial charge in [-0.15, -0.1) is 0 Å². The van der Waals surface area contributed by atoms with Crippen LogP contribution in [0, 0.1) is 11.3 Å². The maximum absolute atomic E-state index is 13.3. The highest BCUT2D eigenvalue weighted by Gasteiger charge is 2.30. The number of benzene rings is 2. The van der Waals surface area contributed by atoms with Gasteiger partial charge in [-0.3, -0.25) is 13.7 Å². The molecule has 0 aliphatic heterocycles. The molecule has 0 bridgehead atoms. The van der Waals surface area contributed by atoms with Crippen molar-refractivity contribution in [2.75, 3.05) is 0 Å². The number of aromatic nitrogens is 6. The van der Waals surface area contributed by atoms with Gasteiger partial charge in [0, 0.05) is 7.05 Å². The standard InChI is InChI=1S/C24H19N7O2/c1-29-20-12-26-23(30-13-27-17-7-6-14(11-25)10-19(17)30)28-22(20)31(24(29)33)18-8-9-21(32)16-5-3-2-4-15(16)18/h2-7,10,12-13,18,21,32H,8-9H2,1H3/t18-,21-/m1/s1. The van der Waals surface area contributed by atoms with Gasteiger partial charge < -0.3 is 5.11 Å². The molecule has 33 heavy (non-hydrogen) atoms. The van der Waals surface area contributed by atoms with Crippen LogP contribution in [0.1, 0.15) is 41.7 Å². The number of nitrogens with zero attached hydrogens (tertiary/aromatic N) is 7. The molecule has 9 heteroatoms. The Balaban J connectivity index is 1.58. The molecule has 0 spiro atoms. The molecule has 0 saturated heterocycles. The van der Waals surface area contributed by atoms with E-state index in [1.54, 1.807) is 51.5 Å². The van der Waals surface area contributed by atoms with E-state index >= 15 is 0 Å². The van der Waals surface area contributed by atoms with Crippen LogP contribution < -0.4 is 5.69 Å². The summed E-state index contributed by atoms with van der Waals surface area (Å²) in [6.07, 6.45) is 3.89. The number of rotatable bonds is 2. The predicted octanol–water partition coefficient (Wildman–Crippen LogP) is 2.76. The van der Waals surface area contributed by atoms with E-state index in [9.17, 15) is 15.2 Å². The number of nitriles is 1. The molecule has 0 radical (unpaired) electrons. The predicted molar refractivity (Wildman–Crippen MR) is 121 cm³/mol. The highest BCUT2D eigenvalue weighted by atomic mass is 16.3. The lowest BCUT2D eigenvalue weighted by Gasteiger charge is -2.29. The Morgan fingerprint density at radius 3 is 2.73 bits per heavy atom. The third-order valence-electron chi connectivity index (χ3n) is 6.45. The van der Waals surface area contributed by atoms with E-state index in [-0.39, 0.29) is 11.7 Å². The van der Waals surface area contributed by atoms with Crippen LogP contribution in [0.2, 0.25) is 0 Å². The molecule has 6 rings (SSSR count). The summed E-state index contributed by atoms with van der Waals surface area (Å²) in [4.78, 5) is 27.0. The highest BCUT2D eigenvalue weighted by molar-refractivity contribution is 5.79. The summed E-state index contributed by atoms with van der Waals surface area (Å²) in [5.41, 5.74) is 4.67. The Hall–Kier alpha value is -4.29. The summed E-state index contributed by atoms with van der Waals surface area (Å²) in [5.74, 6) is 0.364. The number of imidazole rings is 2. The lowest BCUT2D eigenvalue weighted by atomic mass is 9.85. The molecular weight excluding hydrogens is 418 g/mol. The average Bonchev–Trinajstić information content (AvgIpc) is 3.38. The van der Waals surface area contributed by atoms with Gasteiger partial charge in [-0.05, 0) is 42.2 Å². The SMILES string of the molecule is Cn1c(=O)n([C@@H]2CC[C@@H](O)c3ccccc32)c2nc(-n3cnc4ccc(C#N)cc43)ncc21. The van der Waals surface area contributed by atoms with Crippen molar-refractivity contribution < 1.29 is 5.11 Å². The zero-order valence-electron chi connectivity index (χ0n) is 17.8. The van der Waals surface area contributed by atoms with Crippen molar-refractivity contribution in [3.63, 3.8) is 0 Å². The first-order chi connectivity index (χ1) is 16.1. The molecule has 0 fully saturated rings. The topological polar surface area (TPSA) is 115 Å². The molecule has 0 unspecified atom stereocenters. The Bertz CT molecular complexity index is 1650. The second-order valence-electron chi connectivity index (χ2n) is 8.26. The highest BCUT2D eigenvalue weighted by Crippen LogP contribution is 2.38. The average molecular weight is 437 g/mol. The van der Waals surface area contributed by atoms with Gasteiger partial charge in [0.05, 0.1) is 41.0 Å². The van der Waals surface area contributed by atoms with Gasteiger partial charge in [0.15, 0.2) is 5.65 Å². The number of hydrogen-bond acceptors (Lipinski definition) is 6. The molecule has 2 atom stereocenters. The second-order valence-corrected chi connectivity index (χ2v) is 8.26. The fourth-order valence-electron chi connectivity index (χ4n) is 4.77. The number of aliphatic hydroxyl groups is 1. The molecule has 1 N–H and O–H groups in total. The zero-order chi connectivity index (χ0) is 22.7. The van der Waals surface area contributed by atoms with E-state index in [0.717, 1.165) is 16.6 Å². The van der Waals surface area contributed by atoms with E-state index in [2.05, 4.69) is 16.0 Å². The van der Waals surface area contributed by atoms with E-state index in [1.165, 1.54) is 0 Å². The van der Waals surface area contributed by atoms with Gasteiger partial charge >= 0.3 is 5.69 Å². The van der Waals surface area contributed by atoms with Crippen molar-refractivity contribution in [2.24, 2.45) is 7.05 Å². The Morgan fingerprint density at radius 2 is 1.91 bits per heavy atom. The van der Waals surface area contributed by atoms with Crippen LogP contribution in [0.4, 0.5) is 0 Å². The minimum absolute atomic E-state index is 0.185. The Labute approximate surface area is 187 Å². The van der Waals surface area contributed by atoms with E-state index in [4.69, 9.17) is 4.98 Å². The van der Waals surface area contributed by atoms with Gasteiger partial charge in [-0.25, -0.2) is 14.8 Å². The monoisotopic (exact) mass is 437 g/mol. The minimum Gasteiger partial charge on any atom is -0.388 e. The Kier molecular flexibility index (Phi) is 4.18. The van der Waals surface area contributed by atoms with Crippen molar-refractivity contribution >= 4 is 22.2 Å². The van der Waals surface area contributed by atoms with Crippen molar-refractivity contribution in [3.8, 4) is 12.0 Å². The first kappa shape index (κ1) is 19.4. The molecule has 1 aliphatic carbocycles. The lowest BCUT2D eigenvalue weighted by Crippen LogP contribution is -2.30. The minimum atomic E-state index is -0.542. The molecule has 3 heterocycles. The summed E-state index contributed by atoms with van der Waals surface area (Å²) in [5, 5.41) is 19.8. The first-order valence-corrected chi connectivity index (χ1v) is 10.6. The number of fused-ring (bicyclic) bond motifs is 3. The maximum Gasteiger partial charge on any atom is 0.330 e. The number of hydrogen-bond donors (Lipinski definition) is 1. The van der Waals surface area contributed by atoms with Gasteiger partial charge in [0.1, 0.15) is 11.8 Å². The molecule has 0 saturated carbocycles. The van der Waals surface area contributed by atoms with Crippen molar-refractivity contribution in [3.05, 3.63) is 82.2 Å². The molecule has 2 aromatic carbocycles. The van der Waals surface area contributed by atoms with Gasteiger partial charge in [0.2, 0.25) is 5.95 Å². The summed E-state index contributed by atoms with van der Waals surface area (Å²) < 4.78 is 4.97. The van der Waals surface area contributed by atoms with Crippen molar-refractivity contribution in [1.82, 2.24) is 28.7 Å². The maximum atomic E-state index is 13.3. The fourth-order valence-corrected chi connectivity index (χ4v) is 4.77. The number of aryl methyl sites for hydroxylation is 1. The van der Waals surface area contributed by atoms with E-state index in [1.807, 2.05) is 24.3 Å². The van der Waals surface area contributed by atoms with Crippen LogP contribution in [0.25, 0.3) is 28.1 Å². The lowest BCUT2D eigenvalue weighted by molar-refractivity contribution is 0.147. The molecule has 5 aromatic rings. The van der Waals surface area contributed by atoms with E-state index in [0.29, 0.717) is 41.0 Å². The normalized spacial score (nSPS) is 17.8. The van der Waals surface area contributed by atoms with Crippen LogP contribution in [-0.4, -0.2) is 33.8 Å². The van der Waals surface area contributed by atoms with Crippen LogP contribution in [0.3, 0.4) is 0 Å². The van der Waals surface area contributed by atoms with Crippen LogP contribution in [0.5, 0.6) is 0 Å². The van der Waals surface area contributed by atoms with Crippen LogP contribution >= 0.6 is 0 Å². The molecule has 3 aromatic heterocycles. The summed E-state index contributed by atoms with van der Waals surface area (Å²) >= 11 is 0. The number of aliphatic hydroxyl groups excluding tert-OH is 1. The molecule has 9 nitrogen and oxygen atoms in total. The van der Waals surface area contributed by atoms with Gasteiger partial charge in [-0.2, -0.15) is 10.2 Å². The molecular formula is C24H19N7O2. The second kappa shape index (κ2) is 7.12. The Morgan fingerprint density at radius 1 is 1.09 bits per heavy atom. The van der Waals surface area contributed by atoms with Crippen LogP contribution in [-0.2, 0) is 7.05 Å². The fraction of sp³-hybridized carbons (Fsp3) is 0.208. The summed E-state index contributed by atoms with van der Waals surface area (Å²) in [6, 6.07) is 14.8. The summed E-state index contributed by atoms with van der Waals surface area (Å²) in [6.45, 7) is 0. The molecule has 1 aliphatic rings. The van der Waals surface area contributed by atoms with Gasteiger partial charge in [-0.1, -0.05) is 24.3 Å². The quantitative estimate of drug-likeness (QED) is 0.454. The van der Waals surface area contributed by atoms with Crippen molar-refractivity contribution in [1.29, 1.82) is 5.26 Å². The van der Waals surface area contributed by atoms with E-state index < -0.39 is 6.10 Å². The van der Waals surface area contributed by atoms with Crippen LogP contribution in [0.15, 0.2) is 59.8 Å². The largest absolute Gasteiger partial charge is 0.388 e. The zero-order valence-corrected chi connectivity index (χ0v) is 17.8. The first-order valence-electron chi connectivity index (χ1n) is 10.6. The molecule has 162 valence electrons. The third kappa shape index (κ3) is 2.81. The third-order valence-corrected chi connectivity index (χ3v) is 6.45. The molecule has 0 amide bonds. The van der Waals surface area contributed by atoms with Crippen molar-refractivity contribution in [2.45, 2.75) is 25.0 Å². The smallest absolute Gasteiger partial charge is 0.330 e. The summed E-state index contributed by atoms with van der Waals surface area (Å²) in [7, 11) is 1.71.